The van der Waals surface area contributed by atoms with E-state index in [2.05, 4.69) is 0 Å². The molecule has 0 aliphatic carbocycles. The average molecular weight is 291 g/mol. The lowest BCUT2D eigenvalue weighted by Gasteiger charge is -2.11. The molecule has 2 aromatic rings. The van der Waals surface area contributed by atoms with Gasteiger partial charge in [-0.25, -0.2) is 0 Å². The molecular formula is C16H12F3NO. The fourth-order valence-corrected chi connectivity index (χ4v) is 2.05. The lowest BCUT2D eigenvalue weighted by Crippen LogP contribution is -2.07. The number of aryl methyl sites for hydroxylation is 2. The standard InChI is InChI=1S/C16H12F3NO/c1-10-5-11(2)7-14(6-10)21-13-3-4-15(16(17,18)19)12(8-13)9-20/h3-8H,1-2H3. The molecular weight excluding hydrogens is 279 g/mol. The van der Waals surface area contributed by atoms with Gasteiger partial charge in [-0.05, 0) is 55.3 Å². The molecule has 0 fully saturated rings. The van der Waals surface area contributed by atoms with Crippen LogP contribution in [-0.2, 0) is 6.18 Å². The number of hydrogen-bond acceptors (Lipinski definition) is 2. The molecule has 0 N–H and O–H groups in total. The minimum atomic E-state index is -4.55. The van der Waals surface area contributed by atoms with Crippen LogP contribution in [0.3, 0.4) is 0 Å². The Balaban J connectivity index is 2.36. The van der Waals surface area contributed by atoms with E-state index in [-0.39, 0.29) is 5.75 Å². The van der Waals surface area contributed by atoms with Gasteiger partial charge in [-0.3, -0.25) is 0 Å². The molecule has 2 rings (SSSR count). The van der Waals surface area contributed by atoms with Crippen LogP contribution in [0, 0.1) is 25.2 Å². The molecule has 2 nitrogen and oxygen atoms in total. The summed E-state index contributed by atoms with van der Waals surface area (Å²) in [5.41, 5.74) is 0.553. The highest BCUT2D eigenvalue weighted by Crippen LogP contribution is 2.34. The van der Waals surface area contributed by atoms with Crippen LogP contribution in [-0.4, -0.2) is 0 Å². The van der Waals surface area contributed by atoms with E-state index in [1.54, 1.807) is 18.2 Å². The van der Waals surface area contributed by atoms with Gasteiger partial charge in [0, 0.05) is 0 Å². The fourth-order valence-electron chi connectivity index (χ4n) is 2.05. The summed E-state index contributed by atoms with van der Waals surface area (Å²) in [7, 11) is 0. The molecule has 0 aromatic heterocycles. The Kier molecular flexibility index (Phi) is 3.90. The first-order valence-corrected chi connectivity index (χ1v) is 6.17. The molecule has 108 valence electrons. The van der Waals surface area contributed by atoms with Crippen LogP contribution in [0.2, 0.25) is 0 Å². The maximum Gasteiger partial charge on any atom is 0.417 e. The Morgan fingerprint density at radius 2 is 1.57 bits per heavy atom. The first kappa shape index (κ1) is 14.9. The number of halogens is 3. The van der Waals surface area contributed by atoms with E-state index in [0.29, 0.717) is 5.75 Å². The van der Waals surface area contributed by atoms with Gasteiger partial charge < -0.3 is 4.74 Å². The summed E-state index contributed by atoms with van der Waals surface area (Å²) in [4.78, 5) is 0. The lowest BCUT2D eigenvalue weighted by molar-refractivity contribution is -0.137. The normalized spacial score (nSPS) is 11.0. The second-order valence-corrected chi connectivity index (χ2v) is 4.74. The lowest BCUT2D eigenvalue weighted by atomic mass is 10.1. The second-order valence-electron chi connectivity index (χ2n) is 4.74. The predicted octanol–water partition coefficient (Wildman–Crippen LogP) is 4.99. The molecule has 0 saturated carbocycles. The van der Waals surface area contributed by atoms with Gasteiger partial charge in [-0.1, -0.05) is 6.07 Å². The van der Waals surface area contributed by atoms with Crippen molar-refractivity contribution in [3.8, 4) is 17.6 Å². The van der Waals surface area contributed by atoms with Crippen molar-refractivity contribution in [3.63, 3.8) is 0 Å². The zero-order valence-electron chi connectivity index (χ0n) is 11.5. The molecule has 0 aliphatic heterocycles. The van der Waals surface area contributed by atoms with E-state index in [0.717, 1.165) is 23.3 Å². The van der Waals surface area contributed by atoms with Crippen LogP contribution in [0.1, 0.15) is 22.3 Å². The molecule has 5 heteroatoms. The highest BCUT2D eigenvalue weighted by Gasteiger charge is 2.33. The minimum Gasteiger partial charge on any atom is -0.457 e. The van der Waals surface area contributed by atoms with Crippen LogP contribution < -0.4 is 4.74 Å². The van der Waals surface area contributed by atoms with E-state index < -0.39 is 17.3 Å². The second kappa shape index (κ2) is 5.49. The molecule has 0 aliphatic rings. The summed E-state index contributed by atoms with van der Waals surface area (Å²) < 4.78 is 43.7. The van der Waals surface area contributed by atoms with Crippen molar-refractivity contribution in [1.82, 2.24) is 0 Å². The van der Waals surface area contributed by atoms with Gasteiger partial charge >= 0.3 is 6.18 Å². The molecule has 0 amide bonds. The van der Waals surface area contributed by atoms with Gasteiger partial charge in [0.15, 0.2) is 0 Å². The summed E-state index contributed by atoms with van der Waals surface area (Å²) in [5.74, 6) is 0.723. The third-order valence-corrected chi connectivity index (χ3v) is 2.85. The molecule has 21 heavy (non-hydrogen) atoms. The Bertz CT molecular complexity index is 694. The van der Waals surface area contributed by atoms with Crippen LogP contribution in [0.25, 0.3) is 0 Å². The Labute approximate surface area is 120 Å². The van der Waals surface area contributed by atoms with E-state index >= 15 is 0 Å². The number of benzene rings is 2. The molecule has 0 bridgehead atoms. The van der Waals surface area contributed by atoms with Crippen molar-refractivity contribution in [2.24, 2.45) is 0 Å². The molecule has 0 atom stereocenters. The van der Waals surface area contributed by atoms with Crippen molar-refractivity contribution < 1.29 is 17.9 Å². The van der Waals surface area contributed by atoms with Crippen LogP contribution in [0.5, 0.6) is 11.5 Å². The molecule has 0 unspecified atom stereocenters. The third-order valence-electron chi connectivity index (χ3n) is 2.85. The van der Waals surface area contributed by atoms with E-state index in [9.17, 15) is 13.2 Å². The molecule has 0 saturated heterocycles. The summed E-state index contributed by atoms with van der Waals surface area (Å²) in [6.07, 6.45) is -4.55. The van der Waals surface area contributed by atoms with Gasteiger partial charge in [0.1, 0.15) is 11.5 Å². The van der Waals surface area contributed by atoms with Crippen molar-refractivity contribution in [1.29, 1.82) is 5.26 Å². The van der Waals surface area contributed by atoms with E-state index in [4.69, 9.17) is 10.00 Å². The quantitative estimate of drug-likeness (QED) is 0.781. The topological polar surface area (TPSA) is 33.0 Å². The Morgan fingerprint density at radius 3 is 2.10 bits per heavy atom. The van der Waals surface area contributed by atoms with Gasteiger partial charge in [0.2, 0.25) is 0 Å². The van der Waals surface area contributed by atoms with E-state index in [1.807, 2.05) is 19.9 Å². The zero-order chi connectivity index (χ0) is 15.6. The highest BCUT2D eigenvalue weighted by atomic mass is 19.4. The SMILES string of the molecule is Cc1cc(C)cc(Oc2ccc(C(F)(F)F)c(C#N)c2)c1. The fraction of sp³-hybridized carbons (Fsp3) is 0.188. The molecule has 0 heterocycles. The summed E-state index contributed by atoms with van der Waals surface area (Å²) >= 11 is 0. The Morgan fingerprint density at radius 1 is 0.952 bits per heavy atom. The van der Waals surface area contributed by atoms with Gasteiger partial charge in [0.05, 0.1) is 17.2 Å². The first-order chi connectivity index (χ1) is 9.79. The smallest absolute Gasteiger partial charge is 0.417 e. The third kappa shape index (κ3) is 3.54. The van der Waals surface area contributed by atoms with Crippen molar-refractivity contribution in [2.45, 2.75) is 20.0 Å². The number of hydrogen-bond donors (Lipinski definition) is 0. The van der Waals surface area contributed by atoms with Crippen molar-refractivity contribution in [3.05, 3.63) is 58.7 Å². The van der Waals surface area contributed by atoms with Gasteiger partial charge in [-0.2, -0.15) is 18.4 Å². The maximum absolute atomic E-state index is 12.7. The Hall–Kier alpha value is -2.48. The number of nitriles is 1. The van der Waals surface area contributed by atoms with Crippen LogP contribution in [0.15, 0.2) is 36.4 Å². The predicted molar refractivity (Wildman–Crippen MR) is 72.1 cm³/mol. The molecule has 0 spiro atoms. The molecule has 2 aromatic carbocycles. The van der Waals surface area contributed by atoms with Crippen molar-refractivity contribution in [2.75, 3.05) is 0 Å². The average Bonchev–Trinajstić information content (AvgIpc) is 2.36. The number of nitrogens with zero attached hydrogens (tertiary/aromatic N) is 1. The van der Waals surface area contributed by atoms with Gasteiger partial charge in [0.25, 0.3) is 0 Å². The number of ether oxygens (including phenoxy) is 1. The summed E-state index contributed by atoms with van der Waals surface area (Å²) in [6.45, 7) is 3.79. The number of rotatable bonds is 2. The van der Waals surface area contributed by atoms with E-state index in [1.165, 1.54) is 6.07 Å². The minimum absolute atomic E-state index is 0.199. The molecule has 0 radical (unpaired) electrons. The first-order valence-electron chi connectivity index (χ1n) is 6.17. The van der Waals surface area contributed by atoms with Crippen LogP contribution in [0.4, 0.5) is 13.2 Å². The summed E-state index contributed by atoms with van der Waals surface area (Å²) in [6, 6.07) is 10.2. The zero-order valence-corrected chi connectivity index (χ0v) is 11.5. The van der Waals surface area contributed by atoms with Gasteiger partial charge in [-0.15, -0.1) is 0 Å². The number of alkyl halides is 3. The van der Waals surface area contributed by atoms with Crippen LogP contribution >= 0.6 is 0 Å². The monoisotopic (exact) mass is 291 g/mol. The highest BCUT2D eigenvalue weighted by molar-refractivity contribution is 5.46. The maximum atomic E-state index is 12.7. The largest absolute Gasteiger partial charge is 0.457 e. The summed E-state index contributed by atoms with van der Waals surface area (Å²) in [5, 5.41) is 8.85. The van der Waals surface area contributed by atoms with Crippen molar-refractivity contribution >= 4 is 0 Å².